The van der Waals surface area contributed by atoms with Gasteiger partial charge in [0.15, 0.2) is 0 Å². The van der Waals surface area contributed by atoms with Crippen molar-refractivity contribution in [2.75, 3.05) is 13.7 Å². The Morgan fingerprint density at radius 3 is 3.00 bits per heavy atom. The van der Waals surface area contributed by atoms with Gasteiger partial charge in [-0.15, -0.1) is 0 Å². The number of benzene rings is 1. The molecular weight excluding hydrogens is 242 g/mol. The van der Waals surface area contributed by atoms with Crippen molar-refractivity contribution in [3.63, 3.8) is 0 Å². The summed E-state index contributed by atoms with van der Waals surface area (Å²) < 4.78 is 6.56. The maximum Gasteiger partial charge on any atom is 0.122 e. The SMILES string of the molecule is COc1ccc(Br)c2c1CCCNC2. The van der Waals surface area contributed by atoms with Crippen molar-refractivity contribution >= 4 is 15.9 Å². The van der Waals surface area contributed by atoms with Crippen molar-refractivity contribution in [3.8, 4) is 5.75 Å². The highest BCUT2D eigenvalue weighted by molar-refractivity contribution is 9.10. The number of halogens is 1. The fraction of sp³-hybridized carbons (Fsp3) is 0.455. The van der Waals surface area contributed by atoms with Crippen LogP contribution < -0.4 is 10.1 Å². The van der Waals surface area contributed by atoms with Gasteiger partial charge in [0.25, 0.3) is 0 Å². The van der Waals surface area contributed by atoms with Gasteiger partial charge in [-0.25, -0.2) is 0 Å². The molecule has 0 radical (unpaired) electrons. The average Bonchev–Trinajstić information content (AvgIpc) is 2.44. The lowest BCUT2D eigenvalue weighted by Crippen LogP contribution is -2.12. The van der Waals surface area contributed by atoms with Crippen LogP contribution in [0.25, 0.3) is 0 Å². The largest absolute Gasteiger partial charge is 0.496 e. The molecule has 0 spiro atoms. The predicted octanol–water partition coefficient (Wildman–Crippen LogP) is 2.49. The lowest BCUT2D eigenvalue weighted by atomic mass is 10.0. The van der Waals surface area contributed by atoms with Crippen LogP contribution in [0.15, 0.2) is 16.6 Å². The molecule has 3 heteroatoms. The van der Waals surface area contributed by atoms with Crippen LogP contribution >= 0.6 is 15.9 Å². The van der Waals surface area contributed by atoms with Gasteiger partial charge in [-0.3, -0.25) is 0 Å². The molecule has 0 saturated carbocycles. The van der Waals surface area contributed by atoms with E-state index in [9.17, 15) is 0 Å². The number of rotatable bonds is 1. The zero-order valence-electron chi connectivity index (χ0n) is 8.27. The Morgan fingerprint density at radius 1 is 1.36 bits per heavy atom. The molecule has 0 aliphatic carbocycles. The molecule has 1 N–H and O–H groups in total. The monoisotopic (exact) mass is 255 g/mol. The van der Waals surface area contributed by atoms with Gasteiger partial charge < -0.3 is 10.1 Å². The van der Waals surface area contributed by atoms with Crippen LogP contribution in [0.4, 0.5) is 0 Å². The van der Waals surface area contributed by atoms with Gasteiger partial charge in [0.05, 0.1) is 7.11 Å². The Hall–Kier alpha value is -0.540. The van der Waals surface area contributed by atoms with E-state index in [4.69, 9.17) is 4.74 Å². The third kappa shape index (κ3) is 1.79. The second-order valence-electron chi connectivity index (χ2n) is 3.49. The molecule has 0 unspecified atom stereocenters. The summed E-state index contributed by atoms with van der Waals surface area (Å²) in [5.74, 6) is 1.02. The van der Waals surface area contributed by atoms with E-state index in [1.807, 2.05) is 6.07 Å². The average molecular weight is 256 g/mol. The molecule has 1 aromatic rings. The van der Waals surface area contributed by atoms with E-state index in [1.165, 1.54) is 22.0 Å². The minimum absolute atomic E-state index is 0.938. The first-order chi connectivity index (χ1) is 6.83. The first-order valence-corrected chi connectivity index (χ1v) is 5.67. The summed E-state index contributed by atoms with van der Waals surface area (Å²) in [5.41, 5.74) is 2.70. The van der Waals surface area contributed by atoms with Gasteiger partial charge >= 0.3 is 0 Å². The molecule has 0 fully saturated rings. The van der Waals surface area contributed by atoms with Crippen molar-refractivity contribution in [2.24, 2.45) is 0 Å². The zero-order valence-corrected chi connectivity index (χ0v) is 9.86. The summed E-state index contributed by atoms with van der Waals surface area (Å²) in [4.78, 5) is 0. The van der Waals surface area contributed by atoms with Crippen LogP contribution in [-0.4, -0.2) is 13.7 Å². The summed E-state index contributed by atoms with van der Waals surface area (Å²) >= 11 is 3.58. The van der Waals surface area contributed by atoms with E-state index >= 15 is 0 Å². The molecule has 0 bridgehead atoms. The Kier molecular flexibility index (Phi) is 3.08. The molecule has 0 saturated heterocycles. The molecular formula is C11H14BrNO. The fourth-order valence-corrected chi connectivity index (χ4v) is 2.41. The molecule has 1 aromatic carbocycles. The normalized spacial score (nSPS) is 15.9. The zero-order chi connectivity index (χ0) is 9.97. The highest BCUT2D eigenvalue weighted by Crippen LogP contribution is 2.31. The minimum Gasteiger partial charge on any atom is -0.496 e. The molecule has 76 valence electrons. The van der Waals surface area contributed by atoms with Crippen molar-refractivity contribution in [1.29, 1.82) is 0 Å². The van der Waals surface area contributed by atoms with E-state index in [0.717, 1.165) is 25.3 Å². The van der Waals surface area contributed by atoms with E-state index in [1.54, 1.807) is 7.11 Å². The van der Waals surface area contributed by atoms with E-state index < -0.39 is 0 Å². The van der Waals surface area contributed by atoms with Crippen LogP contribution in [0.1, 0.15) is 17.5 Å². The third-order valence-corrected chi connectivity index (χ3v) is 3.38. The second-order valence-corrected chi connectivity index (χ2v) is 4.34. The van der Waals surface area contributed by atoms with Gasteiger partial charge in [0.2, 0.25) is 0 Å². The van der Waals surface area contributed by atoms with Crippen LogP contribution in [0.5, 0.6) is 5.75 Å². The van der Waals surface area contributed by atoms with Crippen LogP contribution in [-0.2, 0) is 13.0 Å². The first kappa shape index (κ1) is 9.99. The van der Waals surface area contributed by atoms with Gasteiger partial charge in [0, 0.05) is 11.0 Å². The van der Waals surface area contributed by atoms with E-state index in [-0.39, 0.29) is 0 Å². The molecule has 0 aromatic heterocycles. The molecule has 1 aliphatic heterocycles. The molecule has 1 heterocycles. The third-order valence-electron chi connectivity index (χ3n) is 2.63. The quantitative estimate of drug-likeness (QED) is 0.833. The maximum absolute atomic E-state index is 5.37. The number of fused-ring (bicyclic) bond motifs is 1. The number of nitrogens with one attached hydrogen (secondary N) is 1. The topological polar surface area (TPSA) is 21.3 Å². The lowest BCUT2D eigenvalue weighted by Gasteiger charge is -2.12. The Balaban J connectivity index is 2.49. The Morgan fingerprint density at radius 2 is 2.21 bits per heavy atom. The van der Waals surface area contributed by atoms with Crippen molar-refractivity contribution in [3.05, 3.63) is 27.7 Å². The highest BCUT2D eigenvalue weighted by Gasteiger charge is 2.14. The summed E-state index contributed by atoms with van der Waals surface area (Å²) in [5, 5.41) is 3.41. The first-order valence-electron chi connectivity index (χ1n) is 4.88. The molecule has 0 atom stereocenters. The van der Waals surface area contributed by atoms with E-state index in [0.29, 0.717) is 0 Å². The van der Waals surface area contributed by atoms with Crippen molar-refractivity contribution in [1.82, 2.24) is 5.32 Å². The Labute approximate surface area is 92.8 Å². The smallest absolute Gasteiger partial charge is 0.122 e. The summed E-state index contributed by atoms with van der Waals surface area (Å²) in [7, 11) is 1.74. The van der Waals surface area contributed by atoms with Crippen molar-refractivity contribution < 1.29 is 4.74 Å². The van der Waals surface area contributed by atoms with Crippen LogP contribution in [0.2, 0.25) is 0 Å². The molecule has 2 nitrogen and oxygen atoms in total. The number of methoxy groups -OCH3 is 1. The maximum atomic E-state index is 5.37. The Bertz CT molecular complexity index is 338. The summed E-state index contributed by atoms with van der Waals surface area (Å²) in [6, 6.07) is 4.10. The van der Waals surface area contributed by atoms with Crippen LogP contribution in [0.3, 0.4) is 0 Å². The van der Waals surface area contributed by atoms with Gasteiger partial charge in [-0.1, -0.05) is 15.9 Å². The second kappa shape index (κ2) is 4.32. The summed E-state index contributed by atoms with van der Waals surface area (Å²) in [6.07, 6.45) is 2.28. The molecule has 14 heavy (non-hydrogen) atoms. The lowest BCUT2D eigenvalue weighted by molar-refractivity contribution is 0.409. The minimum atomic E-state index is 0.938. The fourth-order valence-electron chi connectivity index (χ4n) is 1.90. The standard InChI is InChI=1S/C11H14BrNO/c1-14-11-5-4-10(12)9-7-13-6-2-3-8(9)11/h4-5,13H,2-3,6-7H2,1H3. The number of hydrogen-bond acceptors (Lipinski definition) is 2. The van der Waals surface area contributed by atoms with Crippen molar-refractivity contribution in [2.45, 2.75) is 19.4 Å². The molecule has 1 aliphatic rings. The van der Waals surface area contributed by atoms with Gasteiger partial charge in [-0.2, -0.15) is 0 Å². The molecule has 0 amide bonds. The number of hydrogen-bond donors (Lipinski definition) is 1. The highest BCUT2D eigenvalue weighted by atomic mass is 79.9. The predicted molar refractivity (Wildman–Crippen MR) is 60.7 cm³/mol. The summed E-state index contributed by atoms with van der Waals surface area (Å²) in [6.45, 7) is 2.03. The van der Waals surface area contributed by atoms with Gasteiger partial charge in [-0.05, 0) is 42.6 Å². The number of ether oxygens (including phenoxy) is 1. The van der Waals surface area contributed by atoms with Gasteiger partial charge in [0.1, 0.15) is 5.75 Å². The molecule has 2 rings (SSSR count). The van der Waals surface area contributed by atoms with E-state index in [2.05, 4.69) is 27.3 Å². The van der Waals surface area contributed by atoms with Crippen LogP contribution in [0, 0.1) is 0 Å².